The van der Waals surface area contributed by atoms with Gasteiger partial charge in [-0.15, -0.1) is 0 Å². The summed E-state index contributed by atoms with van der Waals surface area (Å²) >= 11 is 5.90. The summed E-state index contributed by atoms with van der Waals surface area (Å²) < 4.78 is 0. The van der Waals surface area contributed by atoms with Gasteiger partial charge in [-0.25, -0.2) is 10.0 Å². The Balaban J connectivity index is 2.77. The lowest BCUT2D eigenvalue weighted by molar-refractivity contribution is -0.167. The summed E-state index contributed by atoms with van der Waals surface area (Å²) in [5.41, 5.74) is 1.53. The van der Waals surface area contributed by atoms with Gasteiger partial charge in [0, 0.05) is 12.7 Å². The van der Waals surface area contributed by atoms with Crippen LogP contribution in [0.5, 0.6) is 0 Å². The highest BCUT2D eigenvalue weighted by Crippen LogP contribution is 2.14. The van der Waals surface area contributed by atoms with Crippen LogP contribution in [0.4, 0.5) is 0 Å². The fourth-order valence-corrected chi connectivity index (χ4v) is 1.32. The maximum absolute atomic E-state index is 11.5. The van der Waals surface area contributed by atoms with Crippen LogP contribution in [-0.4, -0.2) is 30.1 Å². The molecule has 4 nitrogen and oxygen atoms in total. The molecular formula is C10H13ClN2O2. The summed E-state index contributed by atoms with van der Waals surface area (Å²) in [4.78, 5) is 20.3. The Morgan fingerprint density at radius 1 is 1.60 bits per heavy atom. The molecule has 82 valence electrons. The molecule has 0 saturated heterocycles. The predicted octanol–water partition coefficient (Wildman–Crippen LogP) is 1.61. The Morgan fingerprint density at radius 2 is 2.27 bits per heavy atom. The summed E-state index contributed by atoms with van der Waals surface area (Å²) in [6.07, 6.45) is 0.191. The summed E-state index contributed by atoms with van der Waals surface area (Å²) in [7, 11) is 2.99. The minimum absolute atomic E-state index is 0.162. The van der Waals surface area contributed by atoms with Crippen molar-refractivity contribution in [2.24, 2.45) is 0 Å². The van der Waals surface area contributed by atoms with Crippen molar-refractivity contribution in [3.63, 3.8) is 0 Å². The second-order valence-electron chi connectivity index (χ2n) is 3.15. The Hall–Kier alpha value is -1.13. The average molecular weight is 229 g/mol. The minimum Gasteiger partial charge on any atom is -0.275 e. The average Bonchev–Trinajstić information content (AvgIpc) is 2.20. The highest BCUT2D eigenvalue weighted by atomic mass is 35.5. The third kappa shape index (κ3) is 3.18. The smallest absolute Gasteiger partial charge is 0.250 e. The molecule has 0 radical (unpaired) electrons. The van der Waals surface area contributed by atoms with E-state index >= 15 is 0 Å². The van der Waals surface area contributed by atoms with E-state index in [2.05, 4.69) is 4.98 Å². The quantitative estimate of drug-likeness (QED) is 0.583. The second-order valence-corrected chi connectivity index (χ2v) is 3.51. The van der Waals surface area contributed by atoms with Crippen molar-refractivity contribution in [2.45, 2.75) is 13.3 Å². The topological polar surface area (TPSA) is 42.4 Å². The Labute approximate surface area is 93.8 Å². The van der Waals surface area contributed by atoms with Crippen molar-refractivity contribution < 1.29 is 9.63 Å². The van der Waals surface area contributed by atoms with E-state index in [0.717, 1.165) is 10.8 Å². The Kier molecular flexibility index (Phi) is 4.05. The van der Waals surface area contributed by atoms with Gasteiger partial charge in [0.2, 0.25) is 5.91 Å². The van der Waals surface area contributed by atoms with Gasteiger partial charge in [0.1, 0.15) is 5.15 Å². The molecule has 0 bridgehead atoms. The highest BCUT2D eigenvalue weighted by molar-refractivity contribution is 6.30. The number of aryl methyl sites for hydroxylation is 1. The minimum atomic E-state index is -0.162. The van der Waals surface area contributed by atoms with Gasteiger partial charge in [0.25, 0.3) is 0 Å². The summed E-state index contributed by atoms with van der Waals surface area (Å²) in [5, 5.41) is 1.53. The maximum Gasteiger partial charge on any atom is 0.250 e. The van der Waals surface area contributed by atoms with Crippen LogP contribution in [0.2, 0.25) is 5.15 Å². The van der Waals surface area contributed by atoms with Crippen molar-refractivity contribution in [2.75, 3.05) is 14.2 Å². The van der Waals surface area contributed by atoms with Crippen LogP contribution >= 0.6 is 11.6 Å². The van der Waals surface area contributed by atoms with Gasteiger partial charge in [0.05, 0.1) is 13.5 Å². The normalized spacial score (nSPS) is 10.1. The molecule has 0 spiro atoms. The van der Waals surface area contributed by atoms with Crippen molar-refractivity contribution in [1.29, 1.82) is 0 Å². The number of carbonyl (C=O) groups excluding carboxylic acids is 1. The number of hydrogen-bond donors (Lipinski definition) is 0. The zero-order chi connectivity index (χ0) is 11.4. The first-order valence-electron chi connectivity index (χ1n) is 4.47. The van der Waals surface area contributed by atoms with E-state index in [1.54, 1.807) is 13.1 Å². The second kappa shape index (κ2) is 5.09. The summed E-state index contributed by atoms with van der Waals surface area (Å²) in [6, 6.07) is 3.62. The number of halogens is 1. The number of rotatable bonds is 3. The third-order valence-electron chi connectivity index (χ3n) is 2.03. The standard InChI is InChI=1S/C10H13ClN2O2/c1-7-4-5-8(10(11)12-7)6-9(14)13(2)15-3/h4-5H,6H2,1-3H3. The number of nitrogens with zero attached hydrogens (tertiary/aromatic N) is 2. The molecule has 1 aromatic rings. The number of likely N-dealkylation sites (N-methyl/N-ethyl adjacent to an activating group) is 1. The van der Waals surface area contributed by atoms with E-state index in [9.17, 15) is 4.79 Å². The van der Waals surface area contributed by atoms with Gasteiger partial charge in [0.15, 0.2) is 0 Å². The van der Waals surface area contributed by atoms with Gasteiger partial charge < -0.3 is 0 Å². The van der Waals surface area contributed by atoms with Crippen molar-refractivity contribution in [3.05, 3.63) is 28.5 Å². The number of amides is 1. The van der Waals surface area contributed by atoms with Crippen LogP contribution < -0.4 is 0 Å². The molecule has 0 aliphatic rings. The number of carbonyl (C=O) groups is 1. The van der Waals surface area contributed by atoms with Gasteiger partial charge >= 0.3 is 0 Å². The first-order valence-corrected chi connectivity index (χ1v) is 4.85. The fourth-order valence-electron chi connectivity index (χ4n) is 1.06. The van der Waals surface area contributed by atoms with Gasteiger partial charge in [-0.1, -0.05) is 17.7 Å². The van der Waals surface area contributed by atoms with Crippen LogP contribution in [-0.2, 0) is 16.1 Å². The van der Waals surface area contributed by atoms with Crippen LogP contribution in [0.1, 0.15) is 11.3 Å². The zero-order valence-corrected chi connectivity index (χ0v) is 9.71. The van der Waals surface area contributed by atoms with E-state index in [1.165, 1.54) is 7.11 Å². The molecule has 1 aromatic heterocycles. The molecule has 0 N–H and O–H groups in total. The number of hydroxylamine groups is 2. The van der Waals surface area contributed by atoms with E-state index in [4.69, 9.17) is 16.4 Å². The Bertz CT molecular complexity index is 368. The molecule has 0 atom stereocenters. The van der Waals surface area contributed by atoms with Crippen LogP contribution in [0.25, 0.3) is 0 Å². The molecule has 5 heteroatoms. The van der Waals surface area contributed by atoms with Gasteiger partial charge in [-0.2, -0.15) is 0 Å². The van der Waals surface area contributed by atoms with E-state index in [-0.39, 0.29) is 12.3 Å². The van der Waals surface area contributed by atoms with Crippen molar-refractivity contribution >= 4 is 17.5 Å². The first kappa shape index (κ1) is 11.9. The summed E-state index contributed by atoms with van der Waals surface area (Å²) in [6.45, 7) is 1.85. The molecule has 0 saturated carbocycles. The largest absolute Gasteiger partial charge is 0.275 e. The van der Waals surface area contributed by atoms with Crippen molar-refractivity contribution in [1.82, 2.24) is 10.0 Å². The first-order chi connectivity index (χ1) is 7.04. The molecular weight excluding hydrogens is 216 g/mol. The van der Waals surface area contributed by atoms with Crippen molar-refractivity contribution in [3.8, 4) is 0 Å². The summed E-state index contributed by atoms with van der Waals surface area (Å²) in [5.74, 6) is -0.162. The molecule has 0 aliphatic carbocycles. The highest BCUT2D eigenvalue weighted by Gasteiger charge is 2.11. The lowest BCUT2D eigenvalue weighted by Crippen LogP contribution is -2.27. The zero-order valence-electron chi connectivity index (χ0n) is 8.95. The van der Waals surface area contributed by atoms with E-state index in [0.29, 0.717) is 10.7 Å². The van der Waals surface area contributed by atoms with Gasteiger partial charge in [-0.3, -0.25) is 9.63 Å². The van der Waals surface area contributed by atoms with Crippen LogP contribution in [0.3, 0.4) is 0 Å². The molecule has 15 heavy (non-hydrogen) atoms. The maximum atomic E-state index is 11.5. The lowest BCUT2D eigenvalue weighted by atomic mass is 10.2. The molecule has 0 unspecified atom stereocenters. The van der Waals surface area contributed by atoms with E-state index in [1.807, 2.05) is 13.0 Å². The molecule has 1 rings (SSSR count). The number of pyridine rings is 1. The monoisotopic (exact) mass is 228 g/mol. The molecule has 0 fully saturated rings. The number of hydrogen-bond acceptors (Lipinski definition) is 3. The molecule has 1 amide bonds. The van der Waals surface area contributed by atoms with Gasteiger partial charge in [-0.05, 0) is 18.6 Å². The predicted molar refractivity (Wildman–Crippen MR) is 57.5 cm³/mol. The fraction of sp³-hybridized carbons (Fsp3) is 0.400. The third-order valence-corrected chi connectivity index (χ3v) is 2.36. The van der Waals surface area contributed by atoms with E-state index < -0.39 is 0 Å². The molecule has 1 heterocycles. The molecule has 0 aromatic carbocycles. The number of aromatic nitrogens is 1. The molecule has 0 aliphatic heterocycles. The lowest BCUT2D eigenvalue weighted by Gasteiger charge is -2.13. The Morgan fingerprint density at radius 3 is 2.80 bits per heavy atom. The van der Waals surface area contributed by atoms with Crippen LogP contribution in [0, 0.1) is 6.92 Å². The SMILES string of the molecule is CON(C)C(=O)Cc1ccc(C)nc1Cl. The van der Waals surface area contributed by atoms with Crippen LogP contribution in [0.15, 0.2) is 12.1 Å².